The molecule has 1 aromatic rings. The molecule has 28 heavy (non-hydrogen) atoms. The smallest absolute Gasteiger partial charge is 0.322 e. The molecule has 3 amide bonds. The summed E-state index contributed by atoms with van der Waals surface area (Å²) < 4.78 is 37.3. The summed E-state index contributed by atoms with van der Waals surface area (Å²) in [5.74, 6) is -1.13. The fourth-order valence-corrected chi connectivity index (χ4v) is 3.46. The van der Waals surface area contributed by atoms with E-state index < -0.39 is 24.2 Å². The fourth-order valence-electron chi connectivity index (χ4n) is 3.46. The van der Waals surface area contributed by atoms with Crippen molar-refractivity contribution in [1.29, 1.82) is 0 Å². The molecular weight excluding hydrogens is 377 g/mol. The summed E-state index contributed by atoms with van der Waals surface area (Å²) in [4.78, 5) is 37.6. The van der Waals surface area contributed by atoms with Crippen LogP contribution in [0.1, 0.15) is 40.7 Å². The highest BCUT2D eigenvalue weighted by molar-refractivity contribution is 6.05. The number of nitrogens with two attached hydrogens (primary N) is 1. The molecule has 0 bridgehead atoms. The van der Waals surface area contributed by atoms with E-state index in [2.05, 4.69) is 10.6 Å². The van der Waals surface area contributed by atoms with Crippen molar-refractivity contribution >= 4 is 17.7 Å². The summed E-state index contributed by atoms with van der Waals surface area (Å²) in [6, 6.07) is 2.56. The van der Waals surface area contributed by atoms with Crippen LogP contribution in [0, 0.1) is 0 Å². The molecule has 4 N–H and O–H groups in total. The van der Waals surface area contributed by atoms with Gasteiger partial charge in [-0.05, 0) is 36.6 Å². The van der Waals surface area contributed by atoms with Crippen molar-refractivity contribution in [2.75, 3.05) is 6.54 Å². The standard InChI is InChI=1S/C18H21F3N4O3/c19-18(20,21)14(22)6-7-23-8-10-2-1-3-11-12(10)9-25(17(11)28)13-4-5-15(26)24-16(13)27/h1-3,13-14,23H,4-9,22H2,(H,24,26,27). The van der Waals surface area contributed by atoms with Crippen LogP contribution in [-0.2, 0) is 22.7 Å². The number of amides is 3. The summed E-state index contributed by atoms with van der Waals surface area (Å²) in [6.45, 7) is 0.583. The monoisotopic (exact) mass is 398 g/mol. The van der Waals surface area contributed by atoms with Crippen molar-refractivity contribution in [3.05, 3.63) is 34.9 Å². The highest BCUT2D eigenvalue weighted by atomic mass is 19.4. The number of nitrogens with zero attached hydrogens (tertiary/aromatic N) is 1. The molecule has 2 atom stereocenters. The maximum Gasteiger partial charge on any atom is 0.403 e. The van der Waals surface area contributed by atoms with Crippen LogP contribution in [0.3, 0.4) is 0 Å². The Hall–Kier alpha value is -2.46. The fraction of sp³-hybridized carbons (Fsp3) is 0.500. The van der Waals surface area contributed by atoms with E-state index in [1.165, 1.54) is 4.90 Å². The van der Waals surface area contributed by atoms with E-state index in [-0.39, 0.29) is 50.7 Å². The summed E-state index contributed by atoms with van der Waals surface area (Å²) in [7, 11) is 0. The van der Waals surface area contributed by atoms with Gasteiger partial charge in [0.25, 0.3) is 5.91 Å². The van der Waals surface area contributed by atoms with Crippen LogP contribution >= 0.6 is 0 Å². The summed E-state index contributed by atoms with van der Waals surface area (Å²) in [6.07, 6.45) is -4.23. The SMILES string of the molecule is NC(CCNCc1cccc2c1CN(C1CCC(=O)NC1=O)C2=O)C(F)(F)F. The first-order chi connectivity index (χ1) is 13.2. The minimum Gasteiger partial charge on any atom is -0.322 e. The number of hydrogen-bond donors (Lipinski definition) is 3. The highest BCUT2D eigenvalue weighted by Crippen LogP contribution is 2.29. The van der Waals surface area contributed by atoms with Crippen LogP contribution in [0.5, 0.6) is 0 Å². The molecule has 0 aromatic heterocycles. The number of hydrogen-bond acceptors (Lipinski definition) is 5. The topological polar surface area (TPSA) is 105 Å². The Labute approximate surface area is 159 Å². The van der Waals surface area contributed by atoms with Crippen molar-refractivity contribution in [1.82, 2.24) is 15.5 Å². The molecule has 152 valence electrons. The Balaban J connectivity index is 1.64. The molecule has 0 saturated carbocycles. The Morgan fingerprint density at radius 1 is 1.29 bits per heavy atom. The molecule has 3 rings (SSSR count). The Kier molecular flexibility index (Phi) is 5.71. The minimum absolute atomic E-state index is 0.0785. The number of carbonyl (C=O) groups excluding carboxylic acids is 3. The highest BCUT2D eigenvalue weighted by Gasteiger charge is 2.39. The van der Waals surface area contributed by atoms with Gasteiger partial charge < -0.3 is 16.0 Å². The second kappa shape index (κ2) is 7.88. The molecule has 1 fully saturated rings. The van der Waals surface area contributed by atoms with Crippen molar-refractivity contribution in [2.24, 2.45) is 5.73 Å². The third-order valence-electron chi connectivity index (χ3n) is 5.05. The number of nitrogens with one attached hydrogen (secondary N) is 2. The van der Waals surface area contributed by atoms with E-state index in [0.29, 0.717) is 5.56 Å². The van der Waals surface area contributed by atoms with Crippen LogP contribution in [0.4, 0.5) is 13.2 Å². The molecular formula is C18H21F3N4O3. The van der Waals surface area contributed by atoms with E-state index in [0.717, 1.165) is 11.1 Å². The van der Waals surface area contributed by atoms with Gasteiger partial charge in [0.15, 0.2) is 0 Å². The predicted molar refractivity (Wildman–Crippen MR) is 92.8 cm³/mol. The predicted octanol–water partition coefficient (Wildman–Crippen LogP) is 0.817. The summed E-state index contributed by atoms with van der Waals surface area (Å²) in [5, 5.41) is 5.17. The Bertz CT molecular complexity index is 797. The average Bonchev–Trinajstić information content (AvgIpc) is 2.95. The lowest BCUT2D eigenvalue weighted by atomic mass is 10.0. The largest absolute Gasteiger partial charge is 0.403 e. The second-order valence-corrected chi connectivity index (χ2v) is 6.96. The first-order valence-corrected chi connectivity index (χ1v) is 8.97. The minimum atomic E-state index is -4.43. The third kappa shape index (κ3) is 4.17. The van der Waals surface area contributed by atoms with Gasteiger partial charge in [0.2, 0.25) is 11.8 Å². The molecule has 10 heteroatoms. The van der Waals surface area contributed by atoms with Gasteiger partial charge in [0, 0.05) is 25.1 Å². The molecule has 2 unspecified atom stereocenters. The number of imide groups is 1. The lowest BCUT2D eigenvalue weighted by Gasteiger charge is -2.29. The Morgan fingerprint density at radius 2 is 2.04 bits per heavy atom. The molecule has 1 saturated heterocycles. The van der Waals surface area contributed by atoms with Crippen molar-refractivity contribution in [2.45, 2.75) is 50.6 Å². The molecule has 0 spiro atoms. The molecule has 2 heterocycles. The first kappa shape index (κ1) is 20.3. The molecule has 0 radical (unpaired) electrons. The van der Waals surface area contributed by atoms with E-state index in [1.807, 2.05) is 0 Å². The van der Waals surface area contributed by atoms with Crippen LogP contribution in [0.25, 0.3) is 0 Å². The zero-order chi connectivity index (χ0) is 20.5. The second-order valence-electron chi connectivity index (χ2n) is 6.96. The van der Waals surface area contributed by atoms with Crippen LogP contribution in [0.2, 0.25) is 0 Å². The summed E-state index contributed by atoms with van der Waals surface area (Å²) >= 11 is 0. The maximum atomic E-state index is 12.7. The van der Waals surface area contributed by atoms with Gasteiger partial charge in [0.05, 0.1) is 0 Å². The zero-order valence-electron chi connectivity index (χ0n) is 15.0. The third-order valence-corrected chi connectivity index (χ3v) is 5.05. The maximum absolute atomic E-state index is 12.7. The van der Waals surface area contributed by atoms with Crippen molar-refractivity contribution < 1.29 is 27.6 Å². The number of rotatable bonds is 6. The zero-order valence-corrected chi connectivity index (χ0v) is 15.0. The number of piperidine rings is 1. The lowest BCUT2D eigenvalue weighted by Crippen LogP contribution is -2.52. The van der Waals surface area contributed by atoms with Gasteiger partial charge in [-0.2, -0.15) is 13.2 Å². The molecule has 2 aliphatic heterocycles. The van der Waals surface area contributed by atoms with Gasteiger partial charge in [-0.3, -0.25) is 19.7 Å². The van der Waals surface area contributed by atoms with E-state index >= 15 is 0 Å². The van der Waals surface area contributed by atoms with Crippen molar-refractivity contribution in [3.63, 3.8) is 0 Å². The van der Waals surface area contributed by atoms with Gasteiger partial charge >= 0.3 is 6.18 Å². The number of halogens is 3. The molecule has 2 aliphatic rings. The molecule has 0 aliphatic carbocycles. The summed E-state index contributed by atoms with van der Waals surface area (Å²) in [5.41, 5.74) is 7.07. The number of benzene rings is 1. The number of carbonyl (C=O) groups is 3. The van der Waals surface area contributed by atoms with Crippen LogP contribution < -0.4 is 16.4 Å². The van der Waals surface area contributed by atoms with Gasteiger partial charge in [-0.15, -0.1) is 0 Å². The van der Waals surface area contributed by atoms with Gasteiger partial charge in [-0.25, -0.2) is 0 Å². The molecule has 7 nitrogen and oxygen atoms in total. The van der Waals surface area contributed by atoms with Crippen LogP contribution in [-0.4, -0.2) is 47.4 Å². The Morgan fingerprint density at radius 3 is 2.71 bits per heavy atom. The van der Waals surface area contributed by atoms with Crippen LogP contribution in [0.15, 0.2) is 18.2 Å². The quantitative estimate of drug-likeness (QED) is 0.486. The average molecular weight is 398 g/mol. The lowest BCUT2D eigenvalue weighted by molar-refractivity contribution is -0.148. The first-order valence-electron chi connectivity index (χ1n) is 8.97. The van der Waals surface area contributed by atoms with Crippen molar-refractivity contribution in [3.8, 4) is 0 Å². The van der Waals surface area contributed by atoms with E-state index in [9.17, 15) is 27.6 Å². The van der Waals surface area contributed by atoms with Gasteiger partial charge in [-0.1, -0.05) is 12.1 Å². The normalized spacial score (nSPS) is 20.9. The van der Waals surface area contributed by atoms with Gasteiger partial charge in [0.1, 0.15) is 12.1 Å². The molecule has 1 aromatic carbocycles. The van der Waals surface area contributed by atoms with E-state index in [4.69, 9.17) is 5.73 Å². The van der Waals surface area contributed by atoms with E-state index in [1.54, 1.807) is 18.2 Å². The number of alkyl halides is 3. The number of fused-ring (bicyclic) bond motifs is 1.